The summed E-state index contributed by atoms with van der Waals surface area (Å²) in [7, 11) is 0. The Morgan fingerprint density at radius 3 is 2.29 bits per heavy atom. The molecule has 2 aliphatic heterocycles. The molecule has 1 aromatic carbocycles. The molecule has 0 N–H and O–H groups in total. The van der Waals surface area contributed by atoms with E-state index < -0.39 is 0 Å². The van der Waals surface area contributed by atoms with E-state index in [2.05, 4.69) is 36.9 Å². The average molecular weight is 386 g/mol. The van der Waals surface area contributed by atoms with E-state index in [9.17, 15) is 9.59 Å². The van der Waals surface area contributed by atoms with Crippen molar-refractivity contribution >= 4 is 17.5 Å². The predicted molar refractivity (Wildman–Crippen MR) is 113 cm³/mol. The maximum Gasteiger partial charge on any atom is 0.227 e. The van der Waals surface area contributed by atoms with Gasteiger partial charge in [0.15, 0.2) is 0 Å². The first kappa shape index (κ1) is 20.7. The molecule has 28 heavy (non-hydrogen) atoms. The highest BCUT2D eigenvalue weighted by Gasteiger charge is 2.35. The molecule has 2 saturated heterocycles. The monoisotopic (exact) mass is 385 g/mol. The molecule has 0 bridgehead atoms. The van der Waals surface area contributed by atoms with Crippen LogP contribution in [0.2, 0.25) is 0 Å². The lowest BCUT2D eigenvalue weighted by Crippen LogP contribution is -2.54. The fourth-order valence-electron chi connectivity index (χ4n) is 4.34. The minimum absolute atomic E-state index is 0.0488. The van der Waals surface area contributed by atoms with Gasteiger partial charge in [0.1, 0.15) is 0 Å². The molecule has 0 saturated carbocycles. The quantitative estimate of drug-likeness (QED) is 0.785. The molecule has 1 aromatic rings. The first-order chi connectivity index (χ1) is 13.2. The Bertz CT molecular complexity index is 730. The molecule has 0 aliphatic carbocycles. The number of hydrogen-bond donors (Lipinski definition) is 0. The van der Waals surface area contributed by atoms with Crippen LogP contribution in [-0.2, 0) is 9.59 Å². The van der Waals surface area contributed by atoms with Gasteiger partial charge in [0, 0.05) is 50.4 Å². The zero-order valence-corrected chi connectivity index (χ0v) is 18.1. The van der Waals surface area contributed by atoms with Gasteiger partial charge < -0.3 is 14.7 Å². The lowest BCUT2D eigenvalue weighted by molar-refractivity contribution is -0.145. The lowest BCUT2D eigenvalue weighted by atomic mass is 9.90. The lowest BCUT2D eigenvalue weighted by Gasteiger charge is -2.41. The molecule has 2 heterocycles. The van der Waals surface area contributed by atoms with E-state index in [1.54, 1.807) is 0 Å². The van der Waals surface area contributed by atoms with Crippen LogP contribution in [0.4, 0.5) is 5.69 Å². The molecular formula is C23H35N3O2. The molecule has 2 amide bonds. The molecule has 3 rings (SSSR count). The first-order valence-electron chi connectivity index (χ1n) is 10.6. The minimum atomic E-state index is -0.387. The van der Waals surface area contributed by atoms with Gasteiger partial charge in [-0.15, -0.1) is 0 Å². The standard InChI is InChI=1S/C23H35N3O2/c1-17-8-6-10-20(18(17)2)24-12-14-25(15-13-24)21(27)19-9-7-11-26(16-19)22(28)23(3,4)5/h6,8,10,19H,7,9,11-16H2,1-5H3. The maximum absolute atomic E-state index is 13.1. The Kier molecular flexibility index (Phi) is 6.01. The third-order valence-electron chi connectivity index (χ3n) is 6.21. The number of nitrogens with zero attached hydrogens (tertiary/aromatic N) is 3. The number of carbonyl (C=O) groups excluding carboxylic acids is 2. The van der Waals surface area contributed by atoms with Crippen LogP contribution in [0.3, 0.4) is 0 Å². The molecule has 2 fully saturated rings. The van der Waals surface area contributed by atoms with Crippen molar-refractivity contribution in [3.63, 3.8) is 0 Å². The summed E-state index contributed by atoms with van der Waals surface area (Å²) in [6, 6.07) is 6.43. The summed E-state index contributed by atoms with van der Waals surface area (Å²) in [6.45, 7) is 14.8. The molecule has 0 aromatic heterocycles. The summed E-state index contributed by atoms with van der Waals surface area (Å²) in [4.78, 5) is 32.0. The van der Waals surface area contributed by atoms with Gasteiger partial charge in [-0.1, -0.05) is 32.9 Å². The number of amides is 2. The smallest absolute Gasteiger partial charge is 0.227 e. The summed E-state index contributed by atoms with van der Waals surface area (Å²) in [6.07, 6.45) is 1.81. The topological polar surface area (TPSA) is 43.9 Å². The number of hydrogen-bond acceptors (Lipinski definition) is 3. The van der Waals surface area contributed by atoms with Crippen molar-refractivity contribution in [1.82, 2.24) is 9.80 Å². The second kappa shape index (κ2) is 8.14. The van der Waals surface area contributed by atoms with Crippen LogP contribution < -0.4 is 4.90 Å². The summed E-state index contributed by atoms with van der Waals surface area (Å²) in [5.41, 5.74) is 3.53. The Morgan fingerprint density at radius 2 is 1.64 bits per heavy atom. The van der Waals surface area contributed by atoms with Crippen LogP contribution in [-0.4, -0.2) is 60.9 Å². The van der Waals surface area contributed by atoms with Crippen molar-refractivity contribution in [3.05, 3.63) is 29.3 Å². The van der Waals surface area contributed by atoms with Crippen LogP contribution in [0.5, 0.6) is 0 Å². The van der Waals surface area contributed by atoms with Gasteiger partial charge in [0.25, 0.3) is 0 Å². The van der Waals surface area contributed by atoms with Gasteiger partial charge in [-0.25, -0.2) is 0 Å². The second-order valence-electron chi connectivity index (χ2n) is 9.37. The van der Waals surface area contributed by atoms with Crippen LogP contribution in [0, 0.1) is 25.2 Å². The van der Waals surface area contributed by atoms with E-state index in [-0.39, 0.29) is 23.1 Å². The van der Waals surface area contributed by atoms with Gasteiger partial charge in [-0.2, -0.15) is 0 Å². The van der Waals surface area contributed by atoms with Gasteiger partial charge in [-0.05, 0) is 43.9 Å². The van der Waals surface area contributed by atoms with E-state index in [1.165, 1.54) is 16.8 Å². The Hall–Kier alpha value is -2.04. The number of carbonyl (C=O) groups is 2. The normalized spacial score (nSPS) is 21.0. The largest absolute Gasteiger partial charge is 0.368 e. The average Bonchev–Trinajstić information content (AvgIpc) is 2.68. The number of aryl methyl sites for hydroxylation is 1. The molecule has 5 nitrogen and oxygen atoms in total. The zero-order chi connectivity index (χ0) is 20.5. The number of piperazine rings is 1. The number of rotatable bonds is 2. The number of anilines is 1. The summed E-state index contributed by atoms with van der Waals surface area (Å²) in [5, 5.41) is 0. The fourth-order valence-corrected chi connectivity index (χ4v) is 4.34. The number of benzene rings is 1. The van der Waals surface area contributed by atoms with E-state index in [0.717, 1.165) is 45.6 Å². The Labute approximate surface area is 169 Å². The van der Waals surface area contributed by atoms with Crippen molar-refractivity contribution in [2.75, 3.05) is 44.2 Å². The van der Waals surface area contributed by atoms with Gasteiger partial charge in [0.05, 0.1) is 5.92 Å². The fraction of sp³-hybridized carbons (Fsp3) is 0.652. The molecule has 154 valence electrons. The van der Waals surface area contributed by atoms with Crippen LogP contribution >= 0.6 is 0 Å². The van der Waals surface area contributed by atoms with Crippen molar-refractivity contribution in [2.45, 2.75) is 47.5 Å². The minimum Gasteiger partial charge on any atom is -0.368 e. The molecule has 0 radical (unpaired) electrons. The van der Waals surface area contributed by atoms with E-state index in [1.807, 2.05) is 30.6 Å². The van der Waals surface area contributed by atoms with Crippen LogP contribution in [0.25, 0.3) is 0 Å². The van der Waals surface area contributed by atoms with Crippen LogP contribution in [0.1, 0.15) is 44.7 Å². The highest BCUT2D eigenvalue weighted by molar-refractivity contribution is 5.84. The number of piperidine rings is 1. The first-order valence-corrected chi connectivity index (χ1v) is 10.6. The van der Waals surface area contributed by atoms with Crippen LogP contribution in [0.15, 0.2) is 18.2 Å². The predicted octanol–water partition coefficient (Wildman–Crippen LogP) is 3.24. The molecule has 5 heteroatoms. The van der Waals surface area contributed by atoms with E-state index in [4.69, 9.17) is 0 Å². The molecular weight excluding hydrogens is 350 g/mol. The second-order valence-corrected chi connectivity index (χ2v) is 9.37. The Morgan fingerprint density at radius 1 is 0.964 bits per heavy atom. The highest BCUT2D eigenvalue weighted by Crippen LogP contribution is 2.27. The SMILES string of the molecule is Cc1cccc(N2CCN(C(=O)C3CCCN(C(=O)C(C)(C)C)C3)CC2)c1C. The zero-order valence-electron chi connectivity index (χ0n) is 18.1. The Balaban J connectivity index is 1.59. The summed E-state index contributed by atoms with van der Waals surface area (Å²) < 4.78 is 0. The summed E-state index contributed by atoms with van der Waals surface area (Å²) in [5.74, 6) is 0.337. The third kappa shape index (κ3) is 4.34. The molecule has 1 unspecified atom stereocenters. The third-order valence-corrected chi connectivity index (χ3v) is 6.21. The van der Waals surface area contributed by atoms with Crippen molar-refractivity contribution in [1.29, 1.82) is 0 Å². The molecule has 0 spiro atoms. The van der Waals surface area contributed by atoms with Gasteiger partial charge in [-0.3, -0.25) is 9.59 Å². The van der Waals surface area contributed by atoms with Crippen molar-refractivity contribution in [3.8, 4) is 0 Å². The number of likely N-dealkylation sites (tertiary alicyclic amines) is 1. The molecule has 1 atom stereocenters. The van der Waals surface area contributed by atoms with Crippen molar-refractivity contribution < 1.29 is 9.59 Å². The van der Waals surface area contributed by atoms with Gasteiger partial charge in [0.2, 0.25) is 11.8 Å². The molecule has 2 aliphatic rings. The van der Waals surface area contributed by atoms with Gasteiger partial charge >= 0.3 is 0 Å². The maximum atomic E-state index is 13.1. The van der Waals surface area contributed by atoms with Crippen molar-refractivity contribution in [2.24, 2.45) is 11.3 Å². The highest BCUT2D eigenvalue weighted by atomic mass is 16.2. The summed E-state index contributed by atoms with van der Waals surface area (Å²) >= 11 is 0. The van der Waals surface area contributed by atoms with E-state index in [0.29, 0.717) is 6.54 Å². The van der Waals surface area contributed by atoms with E-state index >= 15 is 0 Å².